The Labute approximate surface area is 484 Å². The zero-order valence-corrected chi connectivity index (χ0v) is 47.4. The Hall–Kier alpha value is -9.91. The molecule has 0 spiro atoms. The van der Waals surface area contributed by atoms with Crippen molar-refractivity contribution in [2.75, 3.05) is 4.81 Å². The lowest BCUT2D eigenvalue weighted by molar-refractivity contribution is 1.32. The van der Waals surface area contributed by atoms with E-state index in [0.29, 0.717) is 0 Å². The normalized spacial score (nSPS) is 12.1. The summed E-state index contributed by atoms with van der Waals surface area (Å²) in [5, 5.41) is 10.7. The SMILES string of the molecule is c1ccc(B2c3ccccc3-c3ccccc3N2c2ccc(-c3cc(-c4cccc([Si](c5ccccc5)(c5ccccc5)c5ccccc5)c4)cc(-c4cccc([Si](c5ccccc5)(c5ccccc5)c5ccccc5)c4)n3)cc2)cc1. The maximum Gasteiger partial charge on any atom is 0.328 e. The largest absolute Gasteiger partial charge is 0.376 e. The van der Waals surface area contributed by atoms with Crippen LogP contribution in [0.4, 0.5) is 11.4 Å². The van der Waals surface area contributed by atoms with Crippen LogP contribution in [0.3, 0.4) is 0 Å². The van der Waals surface area contributed by atoms with Crippen LogP contribution in [0.2, 0.25) is 0 Å². The second-order valence-corrected chi connectivity index (χ2v) is 28.9. The monoisotopic (exact) mass is 1080 g/mol. The van der Waals surface area contributed by atoms with E-state index in [1.165, 1.54) is 69.2 Å². The maximum atomic E-state index is 5.74. The fourth-order valence-electron chi connectivity index (χ4n) is 13.2. The van der Waals surface area contributed by atoms with Gasteiger partial charge in [-0.2, -0.15) is 0 Å². The quantitative estimate of drug-likeness (QED) is 0.0845. The molecular weight excluding hydrogens is 1020 g/mol. The van der Waals surface area contributed by atoms with Gasteiger partial charge in [0.2, 0.25) is 0 Å². The van der Waals surface area contributed by atoms with Gasteiger partial charge in [-0.3, -0.25) is 0 Å². The predicted molar refractivity (Wildman–Crippen MR) is 353 cm³/mol. The van der Waals surface area contributed by atoms with Crippen LogP contribution in [0.15, 0.2) is 346 Å². The summed E-state index contributed by atoms with van der Waals surface area (Å²) in [4.78, 5) is 8.26. The Bertz CT molecular complexity index is 3940. The first-order valence-corrected chi connectivity index (χ1v) is 32.4. The van der Waals surface area contributed by atoms with Gasteiger partial charge in [0.15, 0.2) is 16.1 Å². The van der Waals surface area contributed by atoms with Crippen molar-refractivity contribution in [3.05, 3.63) is 346 Å². The van der Waals surface area contributed by atoms with Crippen LogP contribution >= 0.6 is 0 Å². The minimum absolute atomic E-state index is 0.0255. The molecule has 0 aliphatic carbocycles. The molecule has 0 atom stereocenters. The highest BCUT2D eigenvalue weighted by molar-refractivity contribution is 7.20. The first-order valence-electron chi connectivity index (χ1n) is 28.4. The molecule has 0 saturated carbocycles. The number of rotatable bonds is 13. The van der Waals surface area contributed by atoms with Crippen molar-refractivity contribution in [1.29, 1.82) is 0 Å². The Morgan fingerprint density at radius 2 is 0.622 bits per heavy atom. The Morgan fingerprint density at radius 1 is 0.256 bits per heavy atom. The lowest BCUT2D eigenvalue weighted by Gasteiger charge is -2.39. The number of aromatic nitrogens is 1. The van der Waals surface area contributed by atoms with E-state index < -0.39 is 16.1 Å². The van der Waals surface area contributed by atoms with E-state index in [4.69, 9.17) is 4.98 Å². The van der Waals surface area contributed by atoms with E-state index >= 15 is 0 Å². The molecule has 1 aliphatic rings. The predicted octanol–water partition coefficient (Wildman–Crippen LogP) is 11.8. The number of benzene rings is 12. The van der Waals surface area contributed by atoms with Crippen molar-refractivity contribution >= 4 is 86.8 Å². The molecule has 0 N–H and O–H groups in total. The summed E-state index contributed by atoms with van der Waals surface area (Å²) >= 11 is 0. The molecule has 386 valence electrons. The third-order valence-corrected chi connectivity index (χ3v) is 26.4. The molecule has 0 unspecified atom stereocenters. The van der Waals surface area contributed by atoms with Crippen LogP contribution in [0.1, 0.15) is 0 Å². The summed E-state index contributed by atoms with van der Waals surface area (Å²) in [6.07, 6.45) is 0. The first kappa shape index (κ1) is 50.3. The third-order valence-electron chi connectivity index (χ3n) is 16.8. The standard InChI is InChI=1S/C77H57BN2Si2/c1-8-30-62(31-9-1)78-74-48-24-22-46-72(74)73-47-23-25-49-77(73)80(78)63-52-50-58(51-53-63)75-56-61(59-28-26-44-70(54-59)81(64-32-10-2-11-33-64,65-34-12-3-13-35-65)66-36-14-4-15-37-66)57-76(79-75)60-29-27-45-71(55-60)82(67-38-16-5-17-39-67,68-40-18-6-19-41-68)69-42-20-7-21-43-69/h1-57H. The number of hydrogen-bond donors (Lipinski definition) is 0. The lowest BCUT2D eigenvalue weighted by atomic mass is 9.46. The van der Waals surface area contributed by atoms with Crippen LogP contribution in [0.5, 0.6) is 0 Å². The summed E-state index contributed by atoms with van der Waals surface area (Å²) < 4.78 is 0. The topological polar surface area (TPSA) is 16.1 Å². The number of nitrogens with zero attached hydrogens (tertiary/aromatic N) is 2. The fraction of sp³-hybridized carbons (Fsp3) is 0. The van der Waals surface area contributed by atoms with Crippen LogP contribution in [0.25, 0.3) is 44.8 Å². The molecule has 0 bridgehead atoms. The summed E-state index contributed by atoms with van der Waals surface area (Å²) in [6.45, 7) is -0.0255. The minimum Gasteiger partial charge on any atom is -0.376 e. The second-order valence-electron chi connectivity index (χ2n) is 21.3. The van der Waals surface area contributed by atoms with Gasteiger partial charge < -0.3 is 4.81 Å². The molecule has 1 aliphatic heterocycles. The molecule has 82 heavy (non-hydrogen) atoms. The van der Waals surface area contributed by atoms with Crippen molar-refractivity contribution < 1.29 is 0 Å². The van der Waals surface area contributed by atoms with Gasteiger partial charge in [0.05, 0.1) is 11.4 Å². The van der Waals surface area contributed by atoms with E-state index in [1.807, 2.05) is 0 Å². The highest BCUT2D eigenvalue weighted by atomic mass is 28.3. The number of pyridine rings is 1. The van der Waals surface area contributed by atoms with E-state index in [0.717, 1.165) is 39.3 Å². The molecule has 0 fully saturated rings. The van der Waals surface area contributed by atoms with Gasteiger partial charge in [0.25, 0.3) is 0 Å². The maximum absolute atomic E-state index is 5.74. The van der Waals surface area contributed by atoms with E-state index in [-0.39, 0.29) is 6.85 Å². The van der Waals surface area contributed by atoms with Crippen molar-refractivity contribution in [2.24, 2.45) is 0 Å². The van der Waals surface area contributed by atoms with E-state index in [9.17, 15) is 0 Å². The summed E-state index contributed by atoms with van der Waals surface area (Å²) in [7, 11) is -5.73. The average molecular weight is 1080 g/mol. The number of anilines is 2. The molecular formula is C77H57BN2Si2. The highest BCUT2D eigenvalue weighted by Crippen LogP contribution is 2.40. The van der Waals surface area contributed by atoms with Gasteiger partial charge in [-0.15, -0.1) is 0 Å². The summed E-state index contributed by atoms with van der Waals surface area (Å²) in [5.41, 5.74) is 13.5. The van der Waals surface area contributed by atoms with Gasteiger partial charge in [0, 0.05) is 28.1 Å². The van der Waals surface area contributed by atoms with Crippen LogP contribution in [-0.2, 0) is 0 Å². The van der Waals surface area contributed by atoms with E-state index in [1.54, 1.807) is 0 Å². The van der Waals surface area contributed by atoms with Gasteiger partial charge in [0.1, 0.15) is 0 Å². The lowest BCUT2D eigenvalue weighted by Crippen LogP contribution is -2.74. The smallest absolute Gasteiger partial charge is 0.328 e. The Kier molecular flexibility index (Phi) is 13.5. The van der Waals surface area contributed by atoms with E-state index in [2.05, 4.69) is 351 Å². The second kappa shape index (κ2) is 22.0. The van der Waals surface area contributed by atoms with Gasteiger partial charge in [-0.25, -0.2) is 4.98 Å². The average Bonchev–Trinajstić information content (AvgIpc) is 2.10. The van der Waals surface area contributed by atoms with Gasteiger partial charge >= 0.3 is 6.85 Å². The van der Waals surface area contributed by atoms with Crippen LogP contribution in [0, 0.1) is 0 Å². The Balaban J connectivity index is 0.970. The number of para-hydroxylation sites is 1. The van der Waals surface area contributed by atoms with Crippen molar-refractivity contribution in [2.45, 2.75) is 0 Å². The summed E-state index contributed by atoms with van der Waals surface area (Å²) in [5.74, 6) is 0. The van der Waals surface area contributed by atoms with Crippen LogP contribution in [-0.4, -0.2) is 28.0 Å². The van der Waals surface area contributed by atoms with Crippen molar-refractivity contribution in [3.63, 3.8) is 0 Å². The molecule has 5 heteroatoms. The third kappa shape index (κ3) is 8.88. The van der Waals surface area contributed by atoms with Crippen molar-refractivity contribution in [1.82, 2.24) is 4.98 Å². The number of hydrogen-bond acceptors (Lipinski definition) is 2. The minimum atomic E-state index is -2.87. The molecule has 0 amide bonds. The summed E-state index contributed by atoms with van der Waals surface area (Å²) in [6, 6.07) is 128. The molecule has 13 aromatic rings. The number of fused-ring (bicyclic) bond motifs is 3. The first-order chi connectivity index (χ1) is 40.7. The molecule has 2 heterocycles. The molecule has 0 radical (unpaired) electrons. The molecule has 12 aromatic carbocycles. The molecule has 1 aromatic heterocycles. The zero-order valence-electron chi connectivity index (χ0n) is 45.4. The Morgan fingerprint density at radius 3 is 1.10 bits per heavy atom. The zero-order chi connectivity index (χ0) is 54.7. The van der Waals surface area contributed by atoms with Crippen LogP contribution < -0.4 is 57.2 Å². The highest BCUT2D eigenvalue weighted by Gasteiger charge is 2.43. The molecule has 14 rings (SSSR count). The van der Waals surface area contributed by atoms with Crippen molar-refractivity contribution in [3.8, 4) is 44.8 Å². The fourth-order valence-corrected chi connectivity index (χ4v) is 22.8. The molecule has 0 saturated heterocycles. The van der Waals surface area contributed by atoms with Gasteiger partial charge in [-0.05, 0) is 94.0 Å². The van der Waals surface area contributed by atoms with Gasteiger partial charge in [-0.1, -0.05) is 321 Å². The molecule has 2 nitrogen and oxygen atoms in total.